The highest BCUT2D eigenvalue weighted by Crippen LogP contribution is 2.27. The first kappa shape index (κ1) is 12.5. The average Bonchev–Trinajstić information content (AvgIpc) is 2.29. The molecule has 1 saturated heterocycles. The van der Waals surface area contributed by atoms with Gasteiger partial charge in [0, 0.05) is 10.6 Å². The van der Waals surface area contributed by atoms with Gasteiger partial charge in [-0.3, -0.25) is 4.79 Å². The Morgan fingerprint density at radius 2 is 1.94 bits per heavy atom. The monoisotopic (exact) mass is 252 g/mol. The molecule has 4 heteroatoms. The molecule has 0 radical (unpaired) electrons. The van der Waals surface area contributed by atoms with Crippen LogP contribution in [0.3, 0.4) is 0 Å². The van der Waals surface area contributed by atoms with Crippen LogP contribution in [0.5, 0.6) is 0 Å². The van der Waals surface area contributed by atoms with Crippen molar-refractivity contribution in [3.63, 3.8) is 0 Å². The second-order valence-corrected chi connectivity index (χ2v) is 5.17. The Morgan fingerprint density at radius 1 is 1.24 bits per heavy atom. The second-order valence-electron chi connectivity index (χ2n) is 4.08. The molecule has 1 fully saturated rings. The first-order chi connectivity index (χ1) is 8.16. The Balaban J connectivity index is 1.92. The van der Waals surface area contributed by atoms with E-state index in [1.54, 1.807) is 18.7 Å². The number of esters is 1. The summed E-state index contributed by atoms with van der Waals surface area (Å²) in [5.74, 6) is 0.354. The van der Waals surface area contributed by atoms with E-state index in [0.29, 0.717) is 5.75 Å². The molecular formula is C13H16O3S. The Bertz CT molecular complexity index is 380. The second kappa shape index (κ2) is 5.56. The van der Waals surface area contributed by atoms with E-state index in [1.165, 1.54) is 0 Å². The van der Waals surface area contributed by atoms with Gasteiger partial charge in [-0.25, -0.2) is 0 Å². The van der Waals surface area contributed by atoms with E-state index < -0.39 is 6.29 Å². The Hall–Kier alpha value is -1.00. The summed E-state index contributed by atoms with van der Waals surface area (Å²) in [6.07, 6.45) is -0.502. The van der Waals surface area contributed by atoms with Gasteiger partial charge in [0.1, 0.15) is 0 Å². The lowest BCUT2D eigenvalue weighted by atomic mass is 10.1. The van der Waals surface area contributed by atoms with Crippen molar-refractivity contribution < 1.29 is 14.3 Å². The number of carbonyl (C=O) groups excluding carboxylic acids is 1. The van der Waals surface area contributed by atoms with E-state index in [4.69, 9.17) is 9.47 Å². The number of benzene rings is 1. The van der Waals surface area contributed by atoms with Crippen LogP contribution in [0.25, 0.3) is 0 Å². The van der Waals surface area contributed by atoms with Crippen LogP contribution in [0.2, 0.25) is 0 Å². The standard InChI is InChI=1S/C13H16O3S/c1-9-12(13(14)16-10(2)15-9)8-17-11-6-4-3-5-7-11/h3-7,9-10,12H,8H2,1-2H3/t9-,10+,12-/m1/s1. The molecule has 1 aromatic rings. The molecule has 17 heavy (non-hydrogen) atoms. The van der Waals surface area contributed by atoms with Gasteiger partial charge in [-0.15, -0.1) is 11.8 Å². The van der Waals surface area contributed by atoms with E-state index in [1.807, 2.05) is 37.3 Å². The fraction of sp³-hybridized carbons (Fsp3) is 0.462. The molecule has 1 heterocycles. The predicted molar refractivity (Wildman–Crippen MR) is 66.8 cm³/mol. The Kier molecular flexibility index (Phi) is 4.07. The van der Waals surface area contributed by atoms with Crippen molar-refractivity contribution in [1.82, 2.24) is 0 Å². The first-order valence-corrected chi connectivity index (χ1v) is 6.69. The largest absolute Gasteiger partial charge is 0.436 e. The van der Waals surface area contributed by atoms with E-state index in [0.717, 1.165) is 4.90 Å². The summed E-state index contributed by atoms with van der Waals surface area (Å²) in [6, 6.07) is 10.0. The lowest BCUT2D eigenvalue weighted by Crippen LogP contribution is -2.42. The molecule has 0 saturated carbocycles. The molecule has 0 N–H and O–H groups in total. The lowest BCUT2D eigenvalue weighted by molar-refractivity contribution is -0.219. The smallest absolute Gasteiger partial charge is 0.314 e. The molecule has 0 amide bonds. The summed E-state index contributed by atoms with van der Waals surface area (Å²) in [7, 11) is 0. The number of hydrogen-bond acceptors (Lipinski definition) is 4. The summed E-state index contributed by atoms with van der Waals surface area (Å²) in [5.41, 5.74) is 0. The lowest BCUT2D eigenvalue weighted by Gasteiger charge is -2.31. The van der Waals surface area contributed by atoms with Gasteiger partial charge in [-0.1, -0.05) is 18.2 Å². The molecule has 1 aliphatic heterocycles. The Labute approximate surface area is 105 Å². The van der Waals surface area contributed by atoms with E-state index >= 15 is 0 Å². The maximum Gasteiger partial charge on any atom is 0.314 e. The van der Waals surface area contributed by atoms with Gasteiger partial charge in [0.2, 0.25) is 0 Å². The highest BCUT2D eigenvalue weighted by Gasteiger charge is 2.34. The number of carbonyl (C=O) groups is 1. The van der Waals surface area contributed by atoms with Crippen LogP contribution in [0.15, 0.2) is 35.2 Å². The Morgan fingerprint density at radius 3 is 2.59 bits per heavy atom. The SMILES string of the molecule is C[C@@H]1OC(=O)[C@H](CSc2ccccc2)[C@@H](C)O1. The van der Waals surface area contributed by atoms with Crippen molar-refractivity contribution in [2.45, 2.75) is 31.1 Å². The van der Waals surface area contributed by atoms with Gasteiger partial charge in [-0.2, -0.15) is 0 Å². The molecule has 1 aromatic carbocycles. The maximum atomic E-state index is 11.7. The normalized spacial score (nSPS) is 28.8. The summed E-state index contributed by atoms with van der Waals surface area (Å²) in [6.45, 7) is 3.67. The minimum Gasteiger partial charge on any atom is -0.436 e. The third kappa shape index (κ3) is 3.23. The summed E-state index contributed by atoms with van der Waals surface area (Å²) in [5, 5.41) is 0. The van der Waals surface area contributed by atoms with Gasteiger partial charge < -0.3 is 9.47 Å². The molecule has 0 unspecified atom stereocenters. The van der Waals surface area contributed by atoms with Gasteiger partial charge in [0.25, 0.3) is 0 Å². The summed E-state index contributed by atoms with van der Waals surface area (Å²) >= 11 is 1.65. The van der Waals surface area contributed by atoms with Crippen LogP contribution < -0.4 is 0 Å². The predicted octanol–water partition coefficient (Wildman–Crippen LogP) is 2.70. The van der Waals surface area contributed by atoms with E-state index in [2.05, 4.69) is 0 Å². The molecule has 3 atom stereocenters. The third-order valence-corrected chi connectivity index (χ3v) is 3.86. The minimum absolute atomic E-state index is 0.0811. The maximum absolute atomic E-state index is 11.7. The molecule has 0 aliphatic carbocycles. The van der Waals surface area contributed by atoms with Crippen LogP contribution in [-0.2, 0) is 14.3 Å². The van der Waals surface area contributed by atoms with Crippen molar-refractivity contribution in [2.24, 2.45) is 5.92 Å². The quantitative estimate of drug-likeness (QED) is 0.612. The number of ether oxygens (including phenoxy) is 2. The van der Waals surface area contributed by atoms with Crippen LogP contribution >= 0.6 is 11.8 Å². The summed E-state index contributed by atoms with van der Waals surface area (Å²) in [4.78, 5) is 12.9. The van der Waals surface area contributed by atoms with Crippen LogP contribution in [0, 0.1) is 5.92 Å². The molecule has 1 aliphatic rings. The number of hydrogen-bond donors (Lipinski definition) is 0. The number of cyclic esters (lactones) is 1. The van der Waals surface area contributed by atoms with Gasteiger partial charge >= 0.3 is 5.97 Å². The summed E-state index contributed by atoms with van der Waals surface area (Å²) < 4.78 is 10.6. The zero-order chi connectivity index (χ0) is 12.3. The molecule has 0 bridgehead atoms. The van der Waals surface area contributed by atoms with Crippen molar-refractivity contribution in [3.8, 4) is 0 Å². The molecule has 0 spiro atoms. The fourth-order valence-corrected chi connectivity index (χ4v) is 2.90. The van der Waals surface area contributed by atoms with E-state index in [9.17, 15) is 4.79 Å². The number of rotatable bonds is 3. The van der Waals surface area contributed by atoms with Gasteiger partial charge in [-0.05, 0) is 26.0 Å². The zero-order valence-corrected chi connectivity index (χ0v) is 10.8. The fourth-order valence-electron chi connectivity index (χ4n) is 1.77. The molecular weight excluding hydrogens is 236 g/mol. The topological polar surface area (TPSA) is 35.5 Å². The molecule has 3 nitrogen and oxygen atoms in total. The average molecular weight is 252 g/mol. The van der Waals surface area contributed by atoms with E-state index in [-0.39, 0.29) is 18.0 Å². The van der Waals surface area contributed by atoms with Crippen LogP contribution in [0.1, 0.15) is 13.8 Å². The highest BCUT2D eigenvalue weighted by molar-refractivity contribution is 7.99. The van der Waals surface area contributed by atoms with Crippen LogP contribution in [-0.4, -0.2) is 24.1 Å². The minimum atomic E-state index is -0.421. The molecule has 2 rings (SSSR count). The highest BCUT2D eigenvalue weighted by atomic mass is 32.2. The number of thioether (sulfide) groups is 1. The van der Waals surface area contributed by atoms with Crippen LogP contribution in [0.4, 0.5) is 0 Å². The van der Waals surface area contributed by atoms with Crippen molar-refractivity contribution >= 4 is 17.7 Å². The third-order valence-electron chi connectivity index (χ3n) is 2.73. The van der Waals surface area contributed by atoms with Crippen molar-refractivity contribution in [3.05, 3.63) is 30.3 Å². The van der Waals surface area contributed by atoms with Crippen molar-refractivity contribution in [1.29, 1.82) is 0 Å². The van der Waals surface area contributed by atoms with Gasteiger partial charge in [0.05, 0.1) is 12.0 Å². The first-order valence-electron chi connectivity index (χ1n) is 5.70. The zero-order valence-electron chi connectivity index (χ0n) is 9.96. The molecule has 0 aromatic heterocycles. The molecule has 92 valence electrons. The van der Waals surface area contributed by atoms with Crippen molar-refractivity contribution in [2.75, 3.05) is 5.75 Å². The van der Waals surface area contributed by atoms with Gasteiger partial charge in [0.15, 0.2) is 6.29 Å².